The Hall–Kier alpha value is -2.90. The van der Waals surface area contributed by atoms with Crippen molar-refractivity contribution in [2.24, 2.45) is 0 Å². The van der Waals surface area contributed by atoms with Gasteiger partial charge in [0, 0.05) is 6.07 Å². The van der Waals surface area contributed by atoms with Gasteiger partial charge in [0.1, 0.15) is 0 Å². The van der Waals surface area contributed by atoms with E-state index in [4.69, 9.17) is 5.11 Å². The lowest BCUT2D eigenvalue weighted by Crippen LogP contribution is -2.12. The van der Waals surface area contributed by atoms with Gasteiger partial charge in [-0.15, -0.1) is 0 Å². The lowest BCUT2D eigenvalue weighted by Gasteiger charge is -2.06. The van der Waals surface area contributed by atoms with E-state index in [0.717, 1.165) is 5.56 Å². The average molecular weight is 277 g/mol. The molecule has 0 aliphatic rings. The monoisotopic (exact) mass is 277 g/mol. The molecule has 104 valence electrons. The number of nitro groups is 1. The van der Waals surface area contributed by atoms with E-state index in [1.54, 1.807) is 13.8 Å². The number of aromatic amines is 2. The van der Waals surface area contributed by atoms with E-state index in [-0.39, 0.29) is 16.9 Å². The van der Waals surface area contributed by atoms with Gasteiger partial charge < -0.3 is 5.11 Å². The Kier molecular flexibility index (Phi) is 3.15. The Bertz CT molecular complexity index is 772. The third kappa shape index (κ3) is 2.07. The zero-order chi connectivity index (χ0) is 15.0. The maximum Gasteiger partial charge on any atom is 0.343 e. The van der Waals surface area contributed by atoms with Crippen molar-refractivity contribution in [3.05, 3.63) is 49.3 Å². The van der Waals surface area contributed by atoms with Crippen molar-refractivity contribution in [1.29, 1.82) is 0 Å². The number of aromatic nitrogens is 2. The molecule has 8 heteroatoms. The van der Waals surface area contributed by atoms with Gasteiger partial charge in [-0.3, -0.25) is 25.1 Å². The number of aromatic carboxylic acids is 1. The van der Waals surface area contributed by atoms with Crippen molar-refractivity contribution in [2.45, 2.75) is 13.8 Å². The highest BCUT2D eigenvalue weighted by atomic mass is 16.6. The Morgan fingerprint density at radius 2 is 1.85 bits per heavy atom. The highest BCUT2D eigenvalue weighted by Gasteiger charge is 2.25. The first-order chi connectivity index (χ1) is 9.32. The minimum absolute atomic E-state index is 0.0638. The van der Waals surface area contributed by atoms with Crippen molar-refractivity contribution in [3.63, 3.8) is 0 Å². The fourth-order valence-electron chi connectivity index (χ4n) is 1.92. The Labute approximate surface area is 112 Å². The van der Waals surface area contributed by atoms with Gasteiger partial charge in [-0.2, -0.15) is 0 Å². The maximum atomic E-state index is 11.5. The fraction of sp³-hybridized carbons (Fsp3) is 0.167. The molecule has 3 N–H and O–H groups in total. The van der Waals surface area contributed by atoms with Gasteiger partial charge >= 0.3 is 5.97 Å². The first kappa shape index (κ1) is 13.5. The topological polar surface area (TPSA) is 129 Å². The lowest BCUT2D eigenvalue weighted by molar-refractivity contribution is -0.384. The molecule has 2 rings (SSSR count). The predicted octanol–water partition coefficient (Wildman–Crippen LogP) is 1.59. The summed E-state index contributed by atoms with van der Waals surface area (Å²) in [5.74, 6) is -1.45. The van der Waals surface area contributed by atoms with Crippen LogP contribution in [0.1, 0.15) is 21.5 Å². The number of nitrogens with one attached hydrogen (secondary N) is 2. The number of hydrogen-bond donors (Lipinski definition) is 3. The number of carboxylic acid groups (broad SMARTS) is 1. The van der Waals surface area contributed by atoms with Crippen LogP contribution in [0.4, 0.5) is 5.69 Å². The zero-order valence-corrected chi connectivity index (χ0v) is 10.7. The van der Waals surface area contributed by atoms with Crippen LogP contribution in [0.15, 0.2) is 16.9 Å². The van der Waals surface area contributed by atoms with Crippen molar-refractivity contribution in [1.82, 2.24) is 10.2 Å². The Morgan fingerprint density at radius 3 is 2.40 bits per heavy atom. The van der Waals surface area contributed by atoms with Gasteiger partial charge in [-0.05, 0) is 31.0 Å². The molecule has 0 aliphatic carbocycles. The quantitative estimate of drug-likeness (QED) is 0.579. The second-order valence-electron chi connectivity index (χ2n) is 4.35. The number of carboxylic acids is 1. The highest BCUT2D eigenvalue weighted by Crippen LogP contribution is 2.32. The number of nitrogens with zero attached hydrogens (tertiary/aromatic N) is 1. The fourth-order valence-corrected chi connectivity index (χ4v) is 1.92. The van der Waals surface area contributed by atoms with E-state index in [2.05, 4.69) is 10.2 Å². The van der Waals surface area contributed by atoms with Gasteiger partial charge in [0.25, 0.3) is 11.2 Å². The van der Waals surface area contributed by atoms with Crippen molar-refractivity contribution in [2.75, 3.05) is 0 Å². The molecule has 0 bridgehead atoms. The zero-order valence-electron chi connectivity index (χ0n) is 10.7. The van der Waals surface area contributed by atoms with Crippen LogP contribution in [0.2, 0.25) is 0 Å². The predicted molar refractivity (Wildman–Crippen MR) is 69.9 cm³/mol. The molecule has 1 aromatic carbocycles. The van der Waals surface area contributed by atoms with Crippen LogP contribution in [-0.4, -0.2) is 26.2 Å². The number of H-pyrrole nitrogens is 2. The van der Waals surface area contributed by atoms with E-state index in [9.17, 15) is 19.7 Å². The van der Waals surface area contributed by atoms with Crippen LogP contribution in [0, 0.1) is 24.0 Å². The van der Waals surface area contributed by atoms with Gasteiger partial charge in [0.05, 0.1) is 16.2 Å². The molecular weight excluding hydrogens is 266 g/mol. The van der Waals surface area contributed by atoms with E-state index in [1.807, 2.05) is 0 Å². The normalized spacial score (nSPS) is 10.5. The summed E-state index contributed by atoms with van der Waals surface area (Å²) in [5.41, 5.74) is -0.215. The summed E-state index contributed by atoms with van der Waals surface area (Å²) in [6.07, 6.45) is 0. The number of nitro benzene ring substituents is 1. The number of carbonyl (C=O) groups is 1. The molecule has 0 radical (unpaired) electrons. The van der Waals surface area contributed by atoms with Gasteiger partial charge in [0.15, 0.2) is 5.56 Å². The van der Waals surface area contributed by atoms with Crippen molar-refractivity contribution in [3.8, 4) is 11.3 Å². The molecule has 0 spiro atoms. The maximum absolute atomic E-state index is 11.5. The molecule has 0 unspecified atom stereocenters. The Morgan fingerprint density at radius 1 is 1.25 bits per heavy atom. The molecule has 8 nitrogen and oxygen atoms in total. The van der Waals surface area contributed by atoms with Gasteiger partial charge in [0.2, 0.25) is 0 Å². The summed E-state index contributed by atoms with van der Waals surface area (Å²) >= 11 is 0. The van der Waals surface area contributed by atoms with E-state index < -0.39 is 22.0 Å². The minimum atomic E-state index is -1.45. The van der Waals surface area contributed by atoms with Crippen LogP contribution in [0.3, 0.4) is 0 Å². The molecule has 2 aromatic rings. The minimum Gasteiger partial charge on any atom is -0.477 e. The van der Waals surface area contributed by atoms with Crippen LogP contribution in [-0.2, 0) is 0 Å². The van der Waals surface area contributed by atoms with Crippen LogP contribution in [0.5, 0.6) is 0 Å². The number of rotatable bonds is 3. The van der Waals surface area contributed by atoms with E-state index in [1.165, 1.54) is 12.1 Å². The van der Waals surface area contributed by atoms with E-state index in [0.29, 0.717) is 5.56 Å². The second kappa shape index (κ2) is 4.65. The molecule has 0 saturated carbocycles. The molecule has 0 atom stereocenters. The average Bonchev–Trinajstić information content (AvgIpc) is 2.73. The third-order valence-electron chi connectivity index (χ3n) is 3.07. The SMILES string of the molecule is Cc1cc(-c2[nH][nH]c(=O)c2C(=O)O)c([N+](=O)[O-])cc1C. The van der Waals surface area contributed by atoms with E-state index >= 15 is 0 Å². The van der Waals surface area contributed by atoms with Gasteiger partial charge in [-0.25, -0.2) is 4.79 Å². The molecule has 1 aromatic heterocycles. The van der Waals surface area contributed by atoms with Crippen molar-refractivity contribution < 1.29 is 14.8 Å². The summed E-state index contributed by atoms with van der Waals surface area (Å²) in [6.45, 7) is 3.46. The molecule has 0 amide bonds. The summed E-state index contributed by atoms with van der Waals surface area (Å²) in [6, 6.07) is 2.83. The van der Waals surface area contributed by atoms with Crippen LogP contribution >= 0.6 is 0 Å². The molecule has 20 heavy (non-hydrogen) atoms. The Balaban J connectivity index is 2.82. The number of hydrogen-bond acceptors (Lipinski definition) is 4. The summed E-state index contributed by atoms with van der Waals surface area (Å²) in [7, 11) is 0. The molecule has 0 aliphatic heterocycles. The molecular formula is C12H11N3O5. The molecule has 0 saturated heterocycles. The van der Waals surface area contributed by atoms with Crippen LogP contribution in [0.25, 0.3) is 11.3 Å². The second-order valence-corrected chi connectivity index (χ2v) is 4.35. The third-order valence-corrected chi connectivity index (χ3v) is 3.07. The largest absolute Gasteiger partial charge is 0.477 e. The first-order valence-corrected chi connectivity index (χ1v) is 5.63. The number of aryl methyl sites for hydroxylation is 2. The molecule has 0 fully saturated rings. The number of benzene rings is 1. The van der Waals surface area contributed by atoms with Crippen molar-refractivity contribution >= 4 is 11.7 Å². The summed E-state index contributed by atoms with van der Waals surface area (Å²) in [4.78, 5) is 33.0. The lowest BCUT2D eigenvalue weighted by atomic mass is 10.00. The summed E-state index contributed by atoms with van der Waals surface area (Å²) < 4.78 is 0. The summed E-state index contributed by atoms with van der Waals surface area (Å²) in [5, 5.41) is 24.7. The first-order valence-electron chi connectivity index (χ1n) is 5.63. The standard InChI is InChI=1S/C12H11N3O5/c1-5-3-7(8(15(19)20)4-6(5)2)10-9(12(17)18)11(16)14-13-10/h3-4H,1-2H3,(H,17,18)(H2,13,14,16). The smallest absolute Gasteiger partial charge is 0.343 e. The van der Waals surface area contributed by atoms with Crippen LogP contribution < -0.4 is 5.56 Å². The van der Waals surface area contributed by atoms with Gasteiger partial charge in [-0.1, -0.05) is 0 Å². The molecule has 1 heterocycles. The highest BCUT2D eigenvalue weighted by molar-refractivity contribution is 5.95.